The Kier molecular flexibility index (Phi) is 10.6. The van der Waals surface area contributed by atoms with E-state index in [1.54, 1.807) is 103 Å². The van der Waals surface area contributed by atoms with E-state index in [4.69, 9.17) is 19.8 Å². The fourth-order valence-electron chi connectivity index (χ4n) is 6.35. The van der Waals surface area contributed by atoms with Crippen LogP contribution in [0.5, 0.6) is 0 Å². The number of urea groups is 1. The third-order valence-corrected chi connectivity index (χ3v) is 9.51. The molecule has 1 saturated heterocycles. The Morgan fingerprint density at radius 1 is 0.700 bits per heavy atom. The zero-order valence-corrected chi connectivity index (χ0v) is 29.1. The van der Waals surface area contributed by atoms with Gasteiger partial charge in [0.05, 0.1) is 25.1 Å². The molecule has 0 aliphatic carbocycles. The molecule has 4 aromatic rings. The van der Waals surface area contributed by atoms with E-state index in [-0.39, 0.29) is 13.0 Å². The van der Waals surface area contributed by atoms with Crippen molar-refractivity contribution in [1.29, 1.82) is 0 Å². The van der Waals surface area contributed by atoms with Crippen LogP contribution in [0.4, 0.5) is 16.2 Å². The second-order valence-corrected chi connectivity index (χ2v) is 15.6. The van der Waals surface area contributed by atoms with Crippen LogP contribution in [0.3, 0.4) is 0 Å². The second kappa shape index (κ2) is 14.4. The normalized spacial score (nSPS) is 23.1. The first-order chi connectivity index (χ1) is 23.5. The lowest BCUT2D eigenvalue weighted by molar-refractivity contribution is -0.322. The number of benzene rings is 4. The Morgan fingerprint density at radius 3 is 1.68 bits per heavy atom. The standard InChI is InChI=1S/C35H40N4O9S2/c1-49(43,44)47-34(22-26-13-7-4-8-14-26)35(42,48-50(2,45)46)32(40)31(21-25-11-5-3-6-12-25)38(23-27-15-9-17-29(36)19-27)33(41)39(34)24-28-16-10-18-30(37)20-28/h3-20,31-32,40,42H,21-24,36-37H2,1-2H3/t31-,32+,34-,35+/m1/s1. The molecular weight excluding hydrogens is 685 g/mol. The summed E-state index contributed by atoms with van der Waals surface area (Å²) in [5, 5.41) is 25.4. The number of amides is 2. The van der Waals surface area contributed by atoms with Gasteiger partial charge in [0, 0.05) is 24.3 Å². The number of anilines is 2. The zero-order valence-electron chi connectivity index (χ0n) is 27.5. The largest absolute Gasteiger partial charge is 0.399 e. The molecule has 0 radical (unpaired) electrons. The molecule has 1 aliphatic heterocycles. The van der Waals surface area contributed by atoms with Gasteiger partial charge in [0.25, 0.3) is 26.0 Å². The molecule has 0 aromatic heterocycles. The van der Waals surface area contributed by atoms with Crippen LogP contribution in [0.15, 0.2) is 109 Å². The van der Waals surface area contributed by atoms with Crippen LogP contribution in [0.1, 0.15) is 22.3 Å². The Morgan fingerprint density at radius 2 is 1.18 bits per heavy atom. The van der Waals surface area contributed by atoms with Gasteiger partial charge < -0.3 is 26.6 Å². The van der Waals surface area contributed by atoms with Crippen LogP contribution in [0.2, 0.25) is 0 Å². The number of aliphatic hydroxyl groups excluding tert-OH is 1. The van der Waals surface area contributed by atoms with Gasteiger partial charge >= 0.3 is 6.03 Å². The Hall–Kier alpha value is -4.51. The molecule has 0 saturated carbocycles. The highest BCUT2D eigenvalue weighted by Crippen LogP contribution is 2.46. The van der Waals surface area contributed by atoms with Crippen LogP contribution in [-0.2, 0) is 54.5 Å². The average Bonchev–Trinajstić information content (AvgIpc) is 3.07. The van der Waals surface area contributed by atoms with Crippen molar-refractivity contribution in [2.75, 3.05) is 24.0 Å². The summed E-state index contributed by atoms with van der Waals surface area (Å²) in [5.74, 6) is -3.45. The van der Waals surface area contributed by atoms with E-state index < -0.39 is 62.9 Å². The summed E-state index contributed by atoms with van der Waals surface area (Å²) in [5.41, 5.74) is 11.7. The Balaban J connectivity index is 1.87. The van der Waals surface area contributed by atoms with E-state index >= 15 is 4.79 Å². The summed E-state index contributed by atoms with van der Waals surface area (Å²) < 4.78 is 64.0. The first-order valence-corrected chi connectivity index (χ1v) is 19.2. The highest BCUT2D eigenvalue weighted by atomic mass is 32.2. The molecule has 15 heteroatoms. The lowest BCUT2D eigenvalue weighted by Gasteiger charge is -2.50. The van der Waals surface area contributed by atoms with Crippen molar-refractivity contribution >= 4 is 37.6 Å². The number of nitrogens with two attached hydrogens (primary N) is 2. The number of carbonyl (C=O) groups is 1. The molecule has 266 valence electrons. The first kappa shape index (κ1) is 36.8. The predicted octanol–water partition coefficient (Wildman–Crippen LogP) is 2.84. The number of hydrogen-bond acceptors (Lipinski definition) is 11. The maximum Gasteiger partial charge on any atom is 0.323 e. The molecule has 50 heavy (non-hydrogen) atoms. The molecule has 6 N–H and O–H groups in total. The maximum absolute atomic E-state index is 15.3. The summed E-state index contributed by atoms with van der Waals surface area (Å²) in [6.07, 6.45) is -1.76. The molecule has 0 spiro atoms. The van der Waals surface area contributed by atoms with Crippen molar-refractivity contribution in [2.24, 2.45) is 0 Å². The fourth-order valence-corrected chi connectivity index (χ4v) is 7.81. The number of aliphatic hydroxyl groups is 2. The van der Waals surface area contributed by atoms with E-state index in [1.165, 1.54) is 11.0 Å². The van der Waals surface area contributed by atoms with Crippen molar-refractivity contribution in [3.8, 4) is 0 Å². The van der Waals surface area contributed by atoms with Crippen LogP contribution < -0.4 is 11.5 Å². The first-order valence-electron chi connectivity index (χ1n) is 15.6. The molecule has 13 nitrogen and oxygen atoms in total. The number of rotatable bonds is 12. The number of hydrogen-bond donors (Lipinski definition) is 4. The predicted molar refractivity (Wildman–Crippen MR) is 188 cm³/mol. The average molecular weight is 725 g/mol. The Bertz CT molecular complexity index is 2040. The molecule has 0 bridgehead atoms. The van der Waals surface area contributed by atoms with Gasteiger partial charge in [0.1, 0.15) is 6.10 Å². The molecular formula is C35H40N4O9S2. The van der Waals surface area contributed by atoms with E-state index in [9.17, 15) is 27.0 Å². The van der Waals surface area contributed by atoms with Crippen LogP contribution in [-0.4, -0.2) is 79.0 Å². The molecule has 0 unspecified atom stereocenters. The highest BCUT2D eigenvalue weighted by Gasteiger charge is 2.70. The smallest absolute Gasteiger partial charge is 0.323 e. The van der Waals surface area contributed by atoms with Crippen molar-refractivity contribution in [3.63, 3.8) is 0 Å². The van der Waals surface area contributed by atoms with E-state index in [0.717, 1.165) is 4.90 Å². The van der Waals surface area contributed by atoms with Crippen molar-refractivity contribution in [3.05, 3.63) is 131 Å². The molecule has 2 amide bonds. The summed E-state index contributed by atoms with van der Waals surface area (Å²) in [6.45, 7) is -0.680. The lowest BCUT2D eigenvalue weighted by atomic mass is 9.85. The van der Waals surface area contributed by atoms with E-state index in [0.29, 0.717) is 46.1 Å². The van der Waals surface area contributed by atoms with Gasteiger partial charge in [-0.15, -0.1) is 0 Å². The highest BCUT2D eigenvalue weighted by molar-refractivity contribution is 7.86. The summed E-state index contributed by atoms with van der Waals surface area (Å²) in [4.78, 5) is 17.4. The zero-order chi connectivity index (χ0) is 36.3. The molecule has 1 aliphatic rings. The van der Waals surface area contributed by atoms with Crippen LogP contribution in [0.25, 0.3) is 0 Å². The molecule has 1 fully saturated rings. The van der Waals surface area contributed by atoms with Crippen molar-refractivity contribution in [1.82, 2.24) is 9.80 Å². The summed E-state index contributed by atoms with van der Waals surface area (Å²) in [6, 6.07) is 27.4. The van der Waals surface area contributed by atoms with Crippen LogP contribution in [0, 0.1) is 0 Å². The minimum atomic E-state index is -4.73. The third-order valence-electron chi connectivity index (χ3n) is 8.38. The minimum Gasteiger partial charge on any atom is -0.399 e. The monoisotopic (exact) mass is 724 g/mol. The lowest BCUT2D eigenvalue weighted by Crippen LogP contribution is -2.73. The molecule has 1 heterocycles. The number of carbonyl (C=O) groups excluding carboxylic acids is 1. The summed E-state index contributed by atoms with van der Waals surface area (Å²) in [7, 11) is -9.41. The van der Waals surface area contributed by atoms with E-state index in [1.807, 2.05) is 0 Å². The molecule has 4 aromatic carbocycles. The van der Waals surface area contributed by atoms with Gasteiger partial charge in [0.15, 0.2) is 0 Å². The Labute approximate surface area is 291 Å². The second-order valence-electron chi connectivity index (χ2n) is 12.4. The van der Waals surface area contributed by atoms with Gasteiger partial charge in [0.2, 0.25) is 5.72 Å². The molecule has 5 rings (SSSR count). The van der Waals surface area contributed by atoms with Gasteiger partial charge in [-0.1, -0.05) is 84.9 Å². The van der Waals surface area contributed by atoms with Crippen LogP contribution >= 0.6 is 0 Å². The van der Waals surface area contributed by atoms with Gasteiger partial charge in [-0.3, -0.25) is 4.90 Å². The summed E-state index contributed by atoms with van der Waals surface area (Å²) >= 11 is 0. The molecule has 4 atom stereocenters. The quantitative estimate of drug-likeness (QED) is 0.0951. The topological polar surface area (TPSA) is 203 Å². The number of nitrogens with zero attached hydrogens (tertiary/aromatic N) is 2. The van der Waals surface area contributed by atoms with Gasteiger partial charge in [-0.05, 0) is 52.9 Å². The maximum atomic E-state index is 15.3. The van der Waals surface area contributed by atoms with Gasteiger partial charge in [-0.25, -0.2) is 13.2 Å². The van der Waals surface area contributed by atoms with E-state index in [2.05, 4.69) is 0 Å². The SMILES string of the molecule is CS(=O)(=O)O[C@@]1(O)[C@@H](O)[C@@H](Cc2ccccc2)N(Cc2cccc(N)c2)C(=O)N(Cc2cccc(N)c2)[C@]1(Cc1ccccc1)OS(C)(=O)=O. The van der Waals surface area contributed by atoms with Crippen molar-refractivity contribution in [2.45, 2.75) is 49.6 Å². The number of nitrogen functional groups attached to an aromatic ring is 2. The van der Waals surface area contributed by atoms with Crippen molar-refractivity contribution < 1.29 is 40.2 Å². The third kappa shape index (κ3) is 8.26. The van der Waals surface area contributed by atoms with Gasteiger partial charge in [-0.2, -0.15) is 16.8 Å². The fraction of sp³-hybridized carbons (Fsp3) is 0.286. The minimum absolute atomic E-state index is 0.127.